The van der Waals surface area contributed by atoms with Crippen molar-refractivity contribution < 1.29 is 4.39 Å². The molecule has 78 valence electrons. The predicted octanol–water partition coefficient (Wildman–Crippen LogP) is 3.53. The Morgan fingerprint density at radius 3 is 2.57 bits per heavy atom. The average Bonchev–Trinajstić information content (AvgIpc) is 2.01. The van der Waals surface area contributed by atoms with Crippen LogP contribution in [-0.2, 0) is 0 Å². The molecular formula is C11H15ClFN. The van der Waals surface area contributed by atoms with Crippen LogP contribution in [0.15, 0.2) is 18.2 Å². The van der Waals surface area contributed by atoms with Gasteiger partial charge in [-0.05, 0) is 30.0 Å². The molecule has 0 aliphatic carbocycles. The number of hydrogen-bond acceptors (Lipinski definition) is 1. The van der Waals surface area contributed by atoms with Gasteiger partial charge in [-0.2, -0.15) is 0 Å². The molecule has 0 saturated heterocycles. The maximum atomic E-state index is 12.7. The predicted molar refractivity (Wildman–Crippen MR) is 57.8 cm³/mol. The molecule has 1 aromatic rings. The highest BCUT2D eigenvalue weighted by Crippen LogP contribution is 2.26. The molecule has 0 bridgehead atoms. The lowest BCUT2D eigenvalue weighted by atomic mass is 9.98. The zero-order chi connectivity index (χ0) is 10.7. The average molecular weight is 216 g/mol. The van der Waals surface area contributed by atoms with Crippen molar-refractivity contribution in [2.24, 2.45) is 11.7 Å². The Balaban J connectivity index is 2.84. The van der Waals surface area contributed by atoms with Gasteiger partial charge >= 0.3 is 0 Å². The number of nitrogens with two attached hydrogens (primary N) is 1. The van der Waals surface area contributed by atoms with Crippen LogP contribution in [0.25, 0.3) is 0 Å². The van der Waals surface area contributed by atoms with Crippen molar-refractivity contribution in [1.29, 1.82) is 0 Å². The van der Waals surface area contributed by atoms with Gasteiger partial charge in [0.2, 0.25) is 0 Å². The van der Waals surface area contributed by atoms with Crippen LogP contribution in [-0.4, -0.2) is 0 Å². The number of rotatable bonds is 3. The molecule has 14 heavy (non-hydrogen) atoms. The molecule has 1 rings (SSSR count). The van der Waals surface area contributed by atoms with Crippen molar-refractivity contribution >= 4 is 11.6 Å². The van der Waals surface area contributed by atoms with Gasteiger partial charge in [0, 0.05) is 11.1 Å². The second kappa shape index (κ2) is 4.76. The fraction of sp³-hybridized carbons (Fsp3) is 0.455. The van der Waals surface area contributed by atoms with E-state index in [4.69, 9.17) is 17.3 Å². The van der Waals surface area contributed by atoms with Gasteiger partial charge < -0.3 is 5.73 Å². The summed E-state index contributed by atoms with van der Waals surface area (Å²) < 4.78 is 12.7. The van der Waals surface area contributed by atoms with E-state index in [1.165, 1.54) is 12.1 Å². The van der Waals surface area contributed by atoms with Crippen molar-refractivity contribution in [3.63, 3.8) is 0 Å². The van der Waals surface area contributed by atoms with Crippen molar-refractivity contribution in [1.82, 2.24) is 0 Å². The fourth-order valence-corrected chi connectivity index (χ4v) is 1.74. The Bertz CT molecular complexity index is 312. The first-order chi connectivity index (χ1) is 6.50. The second-order valence-electron chi connectivity index (χ2n) is 3.90. The zero-order valence-corrected chi connectivity index (χ0v) is 9.18. The molecule has 2 N–H and O–H groups in total. The maximum Gasteiger partial charge on any atom is 0.124 e. The van der Waals surface area contributed by atoms with Gasteiger partial charge in [0.05, 0.1) is 0 Å². The van der Waals surface area contributed by atoms with Crippen LogP contribution in [0.1, 0.15) is 31.9 Å². The van der Waals surface area contributed by atoms with E-state index in [9.17, 15) is 4.39 Å². The van der Waals surface area contributed by atoms with E-state index in [0.717, 1.165) is 12.0 Å². The van der Waals surface area contributed by atoms with Crippen LogP contribution >= 0.6 is 11.6 Å². The van der Waals surface area contributed by atoms with Gasteiger partial charge in [-0.25, -0.2) is 4.39 Å². The normalized spacial score (nSPS) is 13.3. The molecule has 0 aromatic heterocycles. The molecule has 1 nitrogen and oxygen atoms in total. The lowest BCUT2D eigenvalue weighted by Crippen LogP contribution is -2.13. The third-order valence-electron chi connectivity index (χ3n) is 2.09. The molecule has 0 saturated carbocycles. The van der Waals surface area contributed by atoms with Crippen molar-refractivity contribution in [2.45, 2.75) is 26.3 Å². The van der Waals surface area contributed by atoms with Gasteiger partial charge in [-0.3, -0.25) is 0 Å². The molecule has 0 fully saturated rings. The lowest BCUT2D eigenvalue weighted by Gasteiger charge is -2.15. The van der Waals surface area contributed by atoms with E-state index in [1.807, 2.05) is 0 Å². The van der Waals surface area contributed by atoms with Gasteiger partial charge in [0.25, 0.3) is 0 Å². The van der Waals surface area contributed by atoms with Gasteiger partial charge in [0.1, 0.15) is 5.82 Å². The van der Waals surface area contributed by atoms with Crippen molar-refractivity contribution in [2.75, 3.05) is 0 Å². The summed E-state index contributed by atoms with van der Waals surface area (Å²) in [5.41, 5.74) is 6.76. The van der Waals surface area contributed by atoms with Gasteiger partial charge in [0.15, 0.2) is 0 Å². The Hall–Kier alpha value is -0.600. The zero-order valence-electron chi connectivity index (χ0n) is 8.43. The summed E-state index contributed by atoms with van der Waals surface area (Å²) >= 11 is 5.89. The summed E-state index contributed by atoms with van der Waals surface area (Å²) in [5.74, 6) is 0.182. The topological polar surface area (TPSA) is 26.0 Å². The molecule has 0 amide bonds. The summed E-state index contributed by atoms with van der Waals surface area (Å²) in [6.07, 6.45) is 0.853. The Morgan fingerprint density at radius 1 is 1.43 bits per heavy atom. The third kappa shape index (κ3) is 2.96. The molecular weight excluding hydrogens is 201 g/mol. The monoisotopic (exact) mass is 215 g/mol. The Labute approximate surface area is 89.1 Å². The van der Waals surface area contributed by atoms with E-state index in [1.54, 1.807) is 6.07 Å². The summed E-state index contributed by atoms with van der Waals surface area (Å²) in [6, 6.07) is 4.24. The minimum atomic E-state index is -0.324. The van der Waals surface area contributed by atoms with Crippen molar-refractivity contribution in [3.05, 3.63) is 34.6 Å². The SMILES string of the molecule is CC(C)CC(N)c1ccc(F)cc1Cl. The molecule has 0 spiro atoms. The van der Waals surface area contributed by atoms with Crippen LogP contribution in [0.2, 0.25) is 5.02 Å². The highest BCUT2D eigenvalue weighted by molar-refractivity contribution is 6.31. The van der Waals surface area contributed by atoms with E-state index < -0.39 is 0 Å². The van der Waals surface area contributed by atoms with Crippen LogP contribution in [0.3, 0.4) is 0 Å². The maximum absolute atomic E-state index is 12.7. The second-order valence-corrected chi connectivity index (χ2v) is 4.31. The van der Waals surface area contributed by atoms with E-state index in [2.05, 4.69) is 13.8 Å². The minimum Gasteiger partial charge on any atom is -0.324 e. The highest BCUT2D eigenvalue weighted by Gasteiger charge is 2.12. The standard InChI is InChI=1S/C11H15ClFN/c1-7(2)5-11(14)9-4-3-8(13)6-10(9)12/h3-4,6-7,11H,5,14H2,1-2H3. The summed E-state index contributed by atoms with van der Waals surface area (Å²) in [6.45, 7) is 4.19. The quantitative estimate of drug-likeness (QED) is 0.820. The molecule has 1 unspecified atom stereocenters. The number of benzene rings is 1. The number of hydrogen-bond donors (Lipinski definition) is 1. The molecule has 0 heterocycles. The molecule has 1 atom stereocenters. The molecule has 0 aliphatic rings. The molecule has 3 heteroatoms. The van der Waals surface area contributed by atoms with E-state index in [0.29, 0.717) is 10.9 Å². The van der Waals surface area contributed by atoms with Crippen LogP contribution in [0.4, 0.5) is 4.39 Å². The first kappa shape index (κ1) is 11.5. The Morgan fingerprint density at radius 2 is 2.07 bits per heavy atom. The first-order valence-electron chi connectivity index (χ1n) is 4.71. The van der Waals surface area contributed by atoms with E-state index in [-0.39, 0.29) is 11.9 Å². The first-order valence-corrected chi connectivity index (χ1v) is 5.09. The molecule has 1 aromatic carbocycles. The largest absolute Gasteiger partial charge is 0.324 e. The summed E-state index contributed by atoms with van der Waals surface area (Å²) in [4.78, 5) is 0. The van der Waals surface area contributed by atoms with Crippen LogP contribution in [0.5, 0.6) is 0 Å². The Kier molecular flexibility index (Phi) is 3.90. The van der Waals surface area contributed by atoms with Gasteiger partial charge in [-0.1, -0.05) is 31.5 Å². The number of halogens is 2. The summed E-state index contributed by atoms with van der Waals surface area (Å²) in [7, 11) is 0. The summed E-state index contributed by atoms with van der Waals surface area (Å²) in [5, 5.41) is 0.415. The van der Waals surface area contributed by atoms with Crippen LogP contribution in [0, 0.1) is 11.7 Å². The fourth-order valence-electron chi connectivity index (χ4n) is 1.44. The van der Waals surface area contributed by atoms with Crippen molar-refractivity contribution in [3.8, 4) is 0 Å². The molecule has 0 radical (unpaired) electrons. The van der Waals surface area contributed by atoms with E-state index >= 15 is 0 Å². The van der Waals surface area contributed by atoms with Crippen LogP contribution < -0.4 is 5.73 Å². The third-order valence-corrected chi connectivity index (χ3v) is 2.41. The minimum absolute atomic E-state index is 0.108. The lowest BCUT2D eigenvalue weighted by molar-refractivity contribution is 0.509. The van der Waals surface area contributed by atoms with Gasteiger partial charge in [-0.15, -0.1) is 0 Å². The highest BCUT2D eigenvalue weighted by atomic mass is 35.5. The smallest absolute Gasteiger partial charge is 0.124 e. The molecule has 0 aliphatic heterocycles.